The first kappa shape index (κ1) is 18.1. The minimum Gasteiger partial charge on any atom is -0.508 e. The topological polar surface area (TPSA) is 53.6 Å². The van der Waals surface area contributed by atoms with Crippen molar-refractivity contribution in [3.05, 3.63) is 109 Å². The molecule has 0 saturated heterocycles. The van der Waals surface area contributed by atoms with Crippen LogP contribution in [-0.4, -0.2) is 10.2 Å². The first-order valence-electron chi connectivity index (χ1n) is 8.58. The number of para-hydroxylation sites is 4. The van der Waals surface area contributed by atoms with Gasteiger partial charge >= 0.3 is 0 Å². The lowest BCUT2D eigenvalue weighted by atomic mass is 10.2. The minimum atomic E-state index is 0.322. The Morgan fingerprint density at radius 1 is 0.407 bits per heavy atom. The van der Waals surface area contributed by atoms with E-state index in [9.17, 15) is 0 Å². The fourth-order valence-corrected chi connectivity index (χ4v) is 2.53. The zero-order valence-corrected chi connectivity index (χ0v) is 14.7. The lowest BCUT2D eigenvalue weighted by molar-refractivity contribution is 0.475. The summed E-state index contributed by atoms with van der Waals surface area (Å²) in [5.41, 5.74) is 1.92. The molecule has 27 heavy (non-hydrogen) atoms. The normalized spacial score (nSPS) is 9.78. The summed E-state index contributed by atoms with van der Waals surface area (Å²) in [6.45, 7) is 0. The maximum atomic E-state index is 8.63. The van der Waals surface area contributed by atoms with E-state index in [1.54, 1.807) is 48.5 Å². The molecule has 3 nitrogen and oxygen atoms in total. The van der Waals surface area contributed by atoms with E-state index in [2.05, 4.69) is 12.1 Å². The smallest absolute Gasteiger partial charge is 0.135 e. The molecule has 3 heteroatoms. The van der Waals surface area contributed by atoms with Gasteiger partial charge in [0.15, 0.2) is 0 Å². The molecule has 0 aliphatic rings. The molecule has 4 aromatic carbocycles. The number of hydrogen-bond acceptors (Lipinski definition) is 3. The monoisotopic (exact) mass is 356 g/mol. The van der Waals surface area contributed by atoms with Crippen LogP contribution in [0.15, 0.2) is 114 Å². The van der Waals surface area contributed by atoms with Crippen molar-refractivity contribution in [2.24, 2.45) is 0 Å². The SMILES string of the molecule is Oc1ccccc1.Oc1ccccc1.c1ccc2c(c1)oc1ccccc12. The molecular weight excluding hydrogens is 336 g/mol. The third-order valence-corrected chi connectivity index (χ3v) is 3.80. The lowest BCUT2D eigenvalue weighted by Crippen LogP contribution is -1.62. The molecule has 1 aromatic heterocycles. The van der Waals surface area contributed by atoms with E-state index in [-0.39, 0.29) is 0 Å². The summed E-state index contributed by atoms with van der Waals surface area (Å²) < 4.78 is 5.65. The number of rotatable bonds is 0. The van der Waals surface area contributed by atoms with E-state index in [1.807, 2.05) is 48.5 Å². The van der Waals surface area contributed by atoms with Crippen molar-refractivity contribution >= 4 is 21.9 Å². The number of aromatic hydroxyl groups is 2. The highest BCUT2D eigenvalue weighted by Crippen LogP contribution is 2.27. The van der Waals surface area contributed by atoms with Gasteiger partial charge in [0.1, 0.15) is 22.7 Å². The summed E-state index contributed by atoms with van der Waals surface area (Å²) in [6.07, 6.45) is 0. The van der Waals surface area contributed by atoms with Crippen LogP contribution in [0.1, 0.15) is 0 Å². The van der Waals surface area contributed by atoms with Gasteiger partial charge in [-0.3, -0.25) is 0 Å². The first-order valence-corrected chi connectivity index (χ1v) is 8.58. The summed E-state index contributed by atoms with van der Waals surface area (Å²) in [5.74, 6) is 0.644. The van der Waals surface area contributed by atoms with Crippen LogP contribution >= 0.6 is 0 Å². The summed E-state index contributed by atoms with van der Waals surface area (Å²) in [6, 6.07) is 33.6. The second-order valence-electron chi connectivity index (χ2n) is 5.77. The Morgan fingerprint density at radius 2 is 0.741 bits per heavy atom. The van der Waals surface area contributed by atoms with Gasteiger partial charge in [-0.15, -0.1) is 0 Å². The molecule has 0 aliphatic carbocycles. The molecule has 5 aromatic rings. The molecular formula is C24H20O3. The molecule has 0 spiro atoms. The number of phenolic OH excluding ortho intramolecular Hbond substituents is 2. The van der Waals surface area contributed by atoms with E-state index >= 15 is 0 Å². The van der Waals surface area contributed by atoms with Crippen molar-refractivity contribution in [3.8, 4) is 11.5 Å². The van der Waals surface area contributed by atoms with Crippen LogP contribution in [0.25, 0.3) is 21.9 Å². The van der Waals surface area contributed by atoms with Crippen molar-refractivity contribution in [3.63, 3.8) is 0 Å². The van der Waals surface area contributed by atoms with Crippen LogP contribution in [0.4, 0.5) is 0 Å². The van der Waals surface area contributed by atoms with E-state index in [0.717, 1.165) is 11.2 Å². The van der Waals surface area contributed by atoms with Crippen LogP contribution < -0.4 is 0 Å². The predicted octanol–water partition coefficient (Wildman–Crippen LogP) is 6.37. The maximum absolute atomic E-state index is 8.63. The number of hydrogen-bond donors (Lipinski definition) is 2. The highest BCUT2D eigenvalue weighted by Gasteiger charge is 2.03. The second-order valence-corrected chi connectivity index (χ2v) is 5.77. The Labute approximate surface area is 157 Å². The fraction of sp³-hybridized carbons (Fsp3) is 0. The third-order valence-electron chi connectivity index (χ3n) is 3.80. The average molecular weight is 356 g/mol. The van der Waals surface area contributed by atoms with Gasteiger partial charge in [0.25, 0.3) is 0 Å². The van der Waals surface area contributed by atoms with E-state index < -0.39 is 0 Å². The molecule has 2 N–H and O–H groups in total. The first-order chi connectivity index (χ1) is 13.2. The molecule has 0 radical (unpaired) electrons. The maximum Gasteiger partial charge on any atom is 0.135 e. The Kier molecular flexibility index (Phi) is 6.10. The molecule has 0 fully saturated rings. The molecule has 1 heterocycles. The Morgan fingerprint density at radius 3 is 1.07 bits per heavy atom. The van der Waals surface area contributed by atoms with Crippen LogP contribution in [0, 0.1) is 0 Å². The summed E-state index contributed by atoms with van der Waals surface area (Å²) in [5, 5.41) is 19.6. The van der Waals surface area contributed by atoms with Gasteiger partial charge in [-0.25, -0.2) is 0 Å². The standard InChI is InChI=1S/C12H8O.2C6H6O/c1-3-7-11-9(5-1)10-6-2-4-8-12(10)13-11;2*7-6-4-2-1-3-5-6/h1-8H;2*1-5,7H. The van der Waals surface area contributed by atoms with Crippen molar-refractivity contribution in [2.75, 3.05) is 0 Å². The Hall–Kier alpha value is -3.72. The summed E-state index contributed by atoms with van der Waals surface area (Å²) in [7, 11) is 0. The van der Waals surface area contributed by atoms with E-state index in [1.165, 1.54) is 10.8 Å². The van der Waals surface area contributed by atoms with Gasteiger partial charge in [0.2, 0.25) is 0 Å². The molecule has 0 aliphatic heterocycles. The molecule has 0 bridgehead atoms. The van der Waals surface area contributed by atoms with Gasteiger partial charge in [0.05, 0.1) is 0 Å². The van der Waals surface area contributed by atoms with Crippen molar-refractivity contribution < 1.29 is 14.6 Å². The van der Waals surface area contributed by atoms with Gasteiger partial charge < -0.3 is 14.6 Å². The quantitative estimate of drug-likeness (QED) is 0.339. The zero-order valence-electron chi connectivity index (χ0n) is 14.7. The number of benzene rings is 4. The second kappa shape index (κ2) is 9.11. The predicted molar refractivity (Wildman–Crippen MR) is 110 cm³/mol. The van der Waals surface area contributed by atoms with Gasteiger partial charge in [-0.1, -0.05) is 72.8 Å². The minimum absolute atomic E-state index is 0.322. The third kappa shape index (κ3) is 5.13. The summed E-state index contributed by atoms with van der Waals surface area (Å²) >= 11 is 0. The van der Waals surface area contributed by atoms with Gasteiger partial charge in [-0.05, 0) is 36.4 Å². The highest BCUT2D eigenvalue weighted by molar-refractivity contribution is 6.04. The van der Waals surface area contributed by atoms with Crippen LogP contribution in [0.5, 0.6) is 11.5 Å². The van der Waals surface area contributed by atoms with Gasteiger partial charge in [-0.2, -0.15) is 0 Å². The zero-order chi connectivity index (χ0) is 18.9. The average Bonchev–Trinajstić information content (AvgIpc) is 3.09. The molecule has 134 valence electrons. The Balaban J connectivity index is 0.000000128. The van der Waals surface area contributed by atoms with Crippen LogP contribution in [0.3, 0.4) is 0 Å². The fourth-order valence-electron chi connectivity index (χ4n) is 2.53. The molecule has 0 unspecified atom stereocenters. The number of furan rings is 1. The number of fused-ring (bicyclic) bond motifs is 3. The van der Waals surface area contributed by atoms with Crippen molar-refractivity contribution in [2.45, 2.75) is 0 Å². The molecule has 0 saturated carbocycles. The molecule has 5 rings (SSSR count). The van der Waals surface area contributed by atoms with Crippen molar-refractivity contribution in [1.82, 2.24) is 0 Å². The molecule has 0 amide bonds. The largest absolute Gasteiger partial charge is 0.508 e. The van der Waals surface area contributed by atoms with E-state index in [0.29, 0.717) is 11.5 Å². The molecule has 0 atom stereocenters. The van der Waals surface area contributed by atoms with Crippen molar-refractivity contribution in [1.29, 1.82) is 0 Å². The van der Waals surface area contributed by atoms with Crippen LogP contribution in [0.2, 0.25) is 0 Å². The summed E-state index contributed by atoms with van der Waals surface area (Å²) in [4.78, 5) is 0. The highest BCUT2D eigenvalue weighted by atomic mass is 16.3. The number of phenols is 2. The lowest BCUT2D eigenvalue weighted by Gasteiger charge is -1.85. The van der Waals surface area contributed by atoms with Crippen LogP contribution in [-0.2, 0) is 0 Å². The Bertz CT molecular complexity index is 996. The van der Waals surface area contributed by atoms with Gasteiger partial charge in [0, 0.05) is 10.8 Å². The van der Waals surface area contributed by atoms with E-state index in [4.69, 9.17) is 14.6 Å².